The molecule has 118 valence electrons. The van der Waals surface area contributed by atoms with Crippen LogP contribution in [-0.4, -0.2) is 29.1 Å². The first-order valence-electron chi connectivity index (χ1n) is 7.47. The topological polar surface area (TPSA) is 71.3 Å². The first-order chi connectivity index (χ1) is 10.5. The molecule has 2 aromatic rings. The summed E-state index contributed by atoms with van der Waals surface area (Å²) in [6, 6.07) is 3.78. The lowest BCUT2D eigenvalue weighted by atomic mass is 10.1. The fourth-order valence-corrected chi connectivity index (χ4v) is 2.31. The van der Waals surface area contributed by atoms with E-state index < -0.39 is 0 Å². The van der Waals surface area contributed by atoms with E-state index in [1.54, 1.807) is 6.20 Å². The van der Waals surface area contributed by atoms with Gasteiger partial charge in [0.15, 0.2) is 0 Å². The van der Waals surface area contributed by atoms with Gasteiger partial charge in [-0.2, -0.15) is 0 Å². The predicted molar refractivity (Wildman–Crippen MR) is 86.1 cm³/mol. The summed E-state index contributed by atoms with van der Waals surface area (Å²) in [5.41, 5.74) is 2.28. The Morgan fingerprint density at radius 1 is 1.27 bits per heavy atom. The summed E-state index contributed by atoms with van der Waals surface area (Å²) in [4.78, 5) is 18.6. The van der Waals surface area contributed by atoms with Crippen LogP contribution in [0.1, 0.15) is 30.9 Å². The molecule has 0 aromatic carbocycles. The molecule has 0 fully saturated rings. The fraction of sp³-hybridized carbons (Fsp3) is 0.438. The molecule has 1 amide bonds. The molecule has 0 unspecified atom stereocenters. The van der Waals surface area contributed by atoms with E-state index in [0.29, 0.717) is 11.4 Å². The number of carbonyl (C=O) groups is 1. The van der Waals surface area contributed by atoms with Crippen LogP contribution in [0.3, 0.4) is 0 Å². The SMILES string of the molecule is CCN(CC)c1ccc(NC(=O)Cc2c(C)noc2C)cn1. The van der Waals surface area contributed by atoms with Crippen LogP contribution in [0.15, 0.2) is 22.9 Å². The van der Waals surface area contributed by atoms with Crippen molar-refractivity contribution < 1.29 is 9.32 Å². The summed E-state index contributed by atoms with van der Waals surface area (Å²) in [6.45, 7) is 9.63. The third-order valence-corrected chi connectivity index (χ3v) is 3.64. The molecule has 0 aliphatic heterocycles. The molecule has 2 aromatic heterocycles. The van der Waals surface area contributed by atoms with Crippen LogP contribution in [0.2, 0.25) is 0 Å². The number of carbonyl (C=O) groups excluding carboxylic acids is 1. The maximum Gasteiger partial charge on any atom is 0.229 e. The van der Waals surface area contributed by atoms with Crippen molar-refractivity contribution in [1.29, 1.82) is 0 Å². The highest BCUT2D eigenvalue weighted by atomic mass is 16.5. The van der Waals surface area contributed by atoms with Gasteiger partial charge in [-0.25, -0.2) is 4.98 Å². The van der Waals surface area contributed by atoms with E-state index in [1.165, 1.54) is 0 Å². The van der Waals surface area contributed by atoms with Crippen LogP contribution in [0.5, 0.6) is 0 Å². The molecule has 6 heteroatoms. The summed E-state index contributed by atoms with van der Waals surface area (Å²) in [5, 5.41) is 6.70. The molecule has 0 saturated heterocycles. The van der Waals surface area contributed by atoms with Gasteiger partial charge in [-0.15, -0.1) is 0 Å². The molecule has 0 radical (unpaired) electrons. The Morgan fingerprint density at radius 3 is 2.50 bits per heavy atom. The molecule has 2 heterocycles. The van der Waals surface area contributed by atoms with Gasteiger partial charge in [0, 0.05) is 18.7 Å². The smallest absolute Gasteiger partial charge is 0.229 e. The van der Waals surface area contributed by atoms with Crippen molar-refractivity contribution in [2.75, 3.05) is 23.3 Å². The number of amides is 1. The van der Waals surface area contributed by atoms with Gasteiger partial charge in [0.2, 0.25) is 5.91 Å². The van der Waals surface area contributed by atoms with E-state index in [1.807, 2.05) is 26.0 Å². The number of pyridine rings is 1. The summed E-state index contributed by atoms with van der Waals surface area (Å²) in [6.07, 6.45) is 1.93. The highest BCUT2D eigenvalue weighted by molar-refractivity contribution is 5.92. The monoisotopic (exact) mass is 302 g/mol. The molecule has 22 heavy (non-hydrogen) atoms. The maximum atomic E-state index is 12.1. The quantitative estimate of drug-likeness (QED) is 0.888. The highest BCUT2D eigenvalue weighted by Gasteiger charge is 2.13. The van der Waals surface area contributed by atoms with E-state index in [0.717, 1.165) is 30.2 Å². The minimum absolute atomic E-state index is 0.105. The van der Waals surface area contributed by atoms with E-state index in [-0.39, 0.29) is 12.3 Å². The second-order valence-corrected chi connectivity index (χ2v) is 5.11. The Morgan fingerprint density at radius 2 is 2.00 bits per heavy atom. The summed E-state index contributed by atoms with van der Waals surface area (Å²) >= 11 is 0. The van der Waals surface area contributed by atoms with Crippen molar-refractivity contribution >= 4 is 17.4 Å². The third-order valence-electron chi connectivity index (χ3n) is 3.64. The van der Waals surface area contributed by atoms with E-state index in [9.17, 15) is 4.79 Å². The van der Waals surface area contributed by atoms with Gasteiger partial charge in [0.25, 0.3) is 0 Å². The van der Waals surface area contributed by atoms with Gasteiger partial charge < -0.3 is 14.7 Å². The average Bonchev–Trinajstić information content (AvgIpc) is 2.82. The first-order valence-corrected chi connectivity index (χ1v) is 7.47. The molecular weight excluding hydrogens is 280 g/mol. The second-order valence-electron chi connectivity index (χ2n) is 5.11. The predicted octanol–water partition coefficient (Wildman–Crippen LogP) is 2.71. The zero-order valence-corrected chi connectivity index (χ0v) is 13.5. The number of nitrogens with one attached hydrogen (secondary N) is 1. The van der Waals surface area contributed by atoms with E-state index >= 15 is 0 Å². The normalized spacial score (nSPS) is 10.5. The van der Waals surface area contributed by atoms with Crippen LogP contribution in [0.4, 0.5) is 11.5 Å². The van der Waals surface area contributed by atoms with Crippen LogP contribution in [0.25, 0.3) is 0 Å². The van der Waals surface area contributed by atoms with Gasteiger partial charge in [0.05, 0.1) is 24.0 Å². The van der Waals surface area contributed by atoms with Crippen molar-refractivity contribution in [2.45, 2.75) is 34.1 Å². The molecule has 0 spiro atoms. The molecule has 0 atom stereocenters. The van der Waals surface area contributed by atoms with Gasteiger partial charge in [-0.3, -0.25) is 4.79 Å². The molecule has 0 aliphatic carbocycles. The Balaban J connectivity index is 2.00. The Bertz CT molecular complexity index is 611. The Kier molecular flexibility index (Phi) is 5.14. The summed E-state index contributed by atoms with van der Waals surface area (Å²) in [7, 11) is 0. The zero-order valence-electron chi connectivity index (χ0n) is 13.5. The van der Waals surface area contributed by atoms with E-state index in [4.69, 9.17) is 4.52 Å². The Labute approximate surface area is 130 Å². The first kappa shape index (κ1) is 16.0. The molecule has 0 aliphatic rings. The zero-order chi connectivity index (χ0) is 16.1. The minimum atomic E-state index is -0.105. The van der Waals surface area contributed by atoms with Crippen LogP contribution >= 0.6 is 0 Å². The molecule has 1 N–H and O–H groups in total. The lowest BCUT2D eigenvalue weighted by Crippen LogP contribution is -2.23. The maximum absolute atomic E-state index is 12.1. The fourth-order valence-electron chi connectivity index (χ4n) is 2.31. The van der Waals surface area contributed by atoms with Crippen molar-refractivity contribution in [3.8, 4) is 0 Å². The lowest BCUT2D eigenvalue weighted by Gasteiger charge is -2.19. The number of anilines is 2. The third kappa shape index (κ3) is 3.63. The summed E-state index contributed by atoms with van der Waals surface area (Å²) < 4.78 is 5.07. The molecule has 2 rings (SSSR count). The number of rotatable bonds is 6. The highest BCUT2D eigenvalue weighted by Crippen LogP contribution is 2.16. The van der Waals surface area contributed by atoms with Gasteiger partial charge in [-0.1, -0.05) is 5.16 Å². The van der Waals surface area contributed by atoms with Crippen LogP contribution in [-0.2, 0) is 11.2 Å². The number of aryl methyl sites for hydroxylation is 2. The molecular formula is C16H22N4O2. The molecule has 0 saturated carbocycles. The van der Waals surface area contributed by atoms with Crippen molar-refractivity contribution in [3.63, 3.8) is 0 Å². The standard InChI is InChI=1S/C16H22N4O2/c1-5-20(6-2)15-8-7-13(10-17-15)18-16(21)9-14-11(3)19-22-12(14)4/h7-8,10H,5-6,9H2,1-4H3,(H,18,21). The molecule has 0 bridgehead atoms. The average molecular weight is 302 g/mol. The van der Waals surface area contributed by atoms with Crippen molar-refractivity contribution in [1.82, 2.24) is 10.1 Å². The summed E-state index contributed by atoms with van der Waals surface area (Å²) in [5.74, 6) is 1.49. The van der Waals surface area contributed by atoms with Crippen molar-refractivity contribution in [3.05, 3.63) is 35.3 Å². The lowest BCUT2D eigenvalue weighted by molar-refractivity contribution is -0.115. The van der Waals surface area contributed by atoms with Gasteiger partial charge >= 0.3 is 0 Å². The molecule has 6 nitrogen and oxygen atoms in total. The number of aromatic nitrogens is 2. The van der Waals surface area contributed by atoms with Gasteiger partial charge in [0.1, 0.15) is 11.6 Å². The van der Waals surface area contributed by atoms with Crippen LogP contribution in [0, 0.1) is 13.8 Å². The number of hydrogen-bond donors (Lipinski definition) is 1. The largest absolute Gasteiger partial charge is 0.361 e. The van der Waals surface area contributed by atoms with Crippen molar-refractivity contribution in [2.24, 2.45) is 0 Å². The van der Waals surface area contributed by atoms with Gasteiger partial charge in [-0.05, 0) is 39.8 Å². The Hall–Kier alpha value is -2.37. The second kappa shape index (κ2) is 7.06. The number of nitrogens with zero attached hydrogens (tertiary/aromatic N) is 3. The van der Waals surface area contributed by atoms with E-state index in [2.05, 4.69) is 34.2 Å². The van der Waals surface area contributed by atoms with Crippen LogP contribution < -0.4 is 10.2 Å². The number of hydrogen-bond acceptors (Lipinski definition) is 5. The minimum Gasteiger partial charge on any atom is -0.361 e.